The van der Waals surface area contributed by atoms with E-state index in [0.717, 1.165) is 44.5 Å². The van der Waals surface area contributed by atoms with Crippen LogP contribution in [-0.2, 0) is 0 Å². The fourth-order valence-corrected chi connectivity index (χ4v) is 2.90. The molecule has 21 heavy (non-hydrogen) atoms. The average molecular weight is 290 g/mol. The number of anilines is 1. The number of benzene rings is 1. The van der Waals surface area contributed by atoms with Gasteiger partial charge in [-0.3, -0.25) is 4.79 Å². The summed E-state index contributed by atoms with van der Waals surface area (Å²) >= 11 is 0. The van der Waals surface area contributed by atoms with Crippen molar-refractivity contribution in [2.75, 3.05) is 18.0 Å². The van der Waals surface area contributed by atoms with Crippen LogP contribution in [0.15, 0.2) is 24.3 Å². The predicted octanol–water partition coefficient (Wildman–Crippen LogP) is 2.57. The molecular weight excluding hydrogens is 264 g/mol. The third kappa shape index (κ3) is 4.21. The average Bonchev–Trinajstić information content (AvgIpc) is 2.51. The van der Waals surface area contributed by atoms with Gasteiger partial charge in [-0.15, -0.1) is 0 Å². The van der Waals surface area contributed by atoms with E-state index in [4.69, 9.17) is 0 Å². The third-order valence-electron chi connectivity index (χ3n) is 4.29. The quantitative estimate of drug-likeness (QED) is 0.876. The second-order valence-corrected chi connectivity index (χ2v) is 5.70. The molecule has 4 nitrogen and oxygen atoms in total. The minimum atomic E-state index is -0.188. The van der Waals surface area contributed by atoms with Crippen LogP contribution in [0.2, 0.25) is 0 Å². The van der Waals surface area contributed by atoms with Crippen LogP contribution in [0, 0.1) is 0 Å². The normalized spacial score (nSPS) is 21.9. The molecular formula is C17H26N2O2. The van der Waals surface area contributed by atoms with Gasteiger partial charge in [0.05, 0.1) is 6.10 Å². The highest BCUT2D eigenvalue weighted by Crippen LogP contribution is 2.19. The van der Waals surface area contributed by atoms with Gasteiger partial charge in [-0.25, -0.2) is 0 Å². The van der Waals surface area contributed by atoms with E-state index in [1.54, 1.807) is 0 Å². The second-order valence-electron chi connectivity index (χ2n) is 5.70. The summed E-state index contributed by atoms with van der Waals surface area (Å²) in [6.45, 7) is 6.18. The number of hydrogen-bond acceptors (Lipinski definition) is 3. The standard InChI is InChI=1S/C17H26N2O2/c1-3-19(4-2)15-9-5-13(6-10-15)17(21)18-14-7-11-16(20)12-8-14/h5-6,9-10,14,16,20H,3-4,7-8,11-12H2,1-2H3,(H,18,21). The number of carbonyl (C=O) groups is 1. The number of hydrogen-bond donors (Lipinski definition) is 2. The SMILES string of the molecule is CCN(CC)c1ccc(C(=O)NC2CCC(O)CC2)cc1. The van der Waals surface area contributed by atoms with Crippen LogP contribution in [0.25, 0.3) is 0 Å². The smallest absolute Gasteiger partial charge is 0.251 e. The molecule has 0 bridgehead atoms. The Kier molecular flexibility index (Phi) is 5.62. The van der Waals surface area contributed by atoms with Gasteiger partial charge in [0.25, 0.3) is 5.91 Å². The summed E-state index contributed by atoms with van der Waals surface area (Å²) in [5.74, 6) is -0.0116. The lowest BCUT2D eigenvalue weighted by Crippen LogP contribution is -2.38. The summed E-state index contributed by atoms with van der Waals surface area (Å²) in [5.41, 5.74) is 1.86. The first-order valence-electron chi connectivity index (χ1n) is 7.98. The number of nitrogens with one attached hydrogen (secondary N) is 1. The van der Waals surface area contributed by atoms with Crippen molar-refractivity contribution in [3.8, 4) is 0 Å². The lowest BCUT2D eigenvalue weighted by molar-refractivity contribution is 0.0867. The number of rotatable bonds is 5. The van der Waals surface area contributed by atoms with Crippen molar-refractivity contribution in [3.63, 3.8) is 0 Å². The lowest BCUT2D eigenvalue weighted by Gasteiger charge is -2.26. The van der Waals surface area contributed by atoms with Crippen LogP contribution in [0.3, 0.4) is 0 Å². The summed E-state index contributed by atoms with van der Waals surface area (Å²) in [7, 11) is 0. The molecule has 1 fully saturated rings. The van der Waals surface area contributed by atoms with Crippen LogP contribution in [-0.4, -0.2) is 36.2 Å². The van der Waals surface area contributed by atoms with Gasteiger partial charge < -0.3 is 15.3 Å². The van der Waals surface area contributed by atoms with Gasteiger partial charge >= 0.3 is 0 Å². The summed E-state index contributed by atoms with van der Waals surface area (Å²) in [4.78, 5) is 14.5. The zero-order valence-corrected chi connectivity index (χ0v) is 13.0. The number of carbonyl (C=O) groups excluding carboxylic acids is 1. The van der Waals surface area contributed by atoms with Crippen molar-refractivity contribution in [2.45, 2.75) is 51.7 Å². The first-order valence-corrected chi connectivity index (χ1v) is 7.98. The topological polar surface area (TPSA) is 52.6 Å². The van der Waals surface area contributed by atoms with E-state index >= 15 is 0 Å². The molecule has 0 heterocycles. The van der Waals surface area contributed by atoms with Crippen LogP contribution >= 0.6 is 0 Å². The molecule has 116 valence electrons. The molecule has 1 amide bonds. The van der Waals surface area contributed by atoms with Crippen molar-refractivity contribution < 1.29 is 9.90 Å². The molecule has 2 N–H and O–H groups in total. The van der Waals surface area contributed by atoms with Gasteiger partial charge in [-0.1, -0.05) is 0 Å². The number of aliphatic hydroxyl groups excluding tert-OH is 1. The minimum absolute atomic E-state index is 0.0116. The highest BCUT2D eigenvalue weighted by molar-refractivity contribution is 5.94. The largest absolute Gasteiger partial charge is 0.393 e. The molecule has 1 aromatic rings. The van der Waals surface area contributed by atoms with Crippen LogP contribution in [0.5, 0.6) is 0 Å². The van der Waals surface area contributed by atoms with Gasteiger partial charge in [0.1, 0.15) is 0 Å². The van der Waals surface area contributed by atoms with E-state index in [1.807, 2.05) is 24.3 Å². The highest BCUT2D eigenvalue weighted by atomic mass is 16.3. The third-order valence-corrected chi connectivity index (χ3v) is 4.29. The molecule has 2 rings (SSSR count). The fourth-order valence-electron chi connectivity index (χ4n) is 2.90. The van der Waals surface area contributed by atoms with Gasteiger partial charge in [0, 0.05) is 30.4 Å². The summed E-state index contributed by atoms with van der Waals surface area (Å²) in [6.07, 6.45) is 3.11. The van der Waals surface area contributed by atoms with Crippen LogP contribution in [0.1, 0.15) is 49.9 Å². The van der Waals surface area contributed by atoms with Crippen molar-refractivity contribution in [3.05, 3.63) is 29.8 Å². The minimum Gasteiger partial charge on any atom is -0.393 e. The molecule has 1 saturated carbocycles. The van der Waals surface area contributed by atoms with E-state index in [-0.39, 0.29) is 18.1 Å². The van der Waals surface area contributed by atoms with Crippen molar-refractivity contribution in [2.24, 2.45) is 0 Å². The summed E-state index contributed by atoms with van der Waals surface area (Å²) in [6, 6.07) is 7.99. The number of aliphatic hydroxyl groups is 1. The Labute approximate surface area is 127 Å². The predicted molar refractivity (Wildman–Crippen MR) is 85.7 cm³/mol. The first-order chi connectivity index (χ1) is 10.1. The molecule has 0 spiro atoms. The zero-order chi connectivity index (χ0) is 15.2. The summed E-state index contributed by atoms with van der Waals surface area (Å²) in [5, 5.41) is 12.6. The monoisotopic (exact) mass is 290 g/mol. The molecule has 0 atom stereocenters. The maximum Gasteiger partial charge on any atom is 0.251 e. The molecule has 0 radical (unpaired) electrons. The van der Waals surface area contributed by atoms with E-state index in [1.165, 1.54) is 0 Å². The molecule has 0 aromatic heterocycles. The Morgan fingerprint density at radius 2 is 1.71 bits per heavy atom. The van der Waals surface area contributed by atoms with E-state index in [9.17, 15) is 9.90 Å². The molecule has 1 aliphatic carbocycles. The molecule has 4 heteroatoms. The molecule has 1 aromatic carbocycles. The van der Waals surface area contributed by atoms with E-state index in [2.05, 4.69) is 24.1 Å². The van der Waals surface area contributed by atoms with Crippen molar-refractivity contribution in [1.82, 2.24) is 5.32 Å². The number of nitrogens with zero attached hydrogens (tertiary/aromatic N) is 1. The van der Waals surface area contributed by atoms with Crippen LogP contribution in [0.4, 0.5) is 5.69 Å². The van der Waals surface area contributed by atoms with Gasteiger partial charge in [0.15, 0.2) is 0 Å². The Morgan fingerprint density at radius 1 is 1.14 bits per heavy atom. The Bertz CT molecular complexity index is 446. The zero-order valence-electron chi connectivity index (χ0n) is 13.0. The van der Waals surface area contributed by atoms with E-state index in [0.29, 0.717) is 5.56 Å². The van der Waals surface area contributed by atoms with Crippen molar-refractivity contribution in [1.29, 1.82) is 0 Å². The van der Waals surface area contributed by atoms with Gasteiger partial charge in [-0.2, -0.15) is 0 Å². The second kappa shape index (κ2) is 7.46. The Hall–Kier alpha value is -1.55. The van der Waals surface area contributed by atoms with Crippen molar-refractivity contribution >= 4 is 11.6 Å². The number of amides is 1. The molecule has 0 aliphatic heterocycles. The fraction of sp³-hybridized carbons (Fsp3) is 0.588. The van der Waals surface area contributed by atoms with E-state index < -0.39 is 0 Å². The van der Waals surface area contributed by atoms with Gasteiger partial charge in [-0.05, 0) is 63.8 Å². The maximum absolute atomic E-state index is 12.2. The van der Waals surface area contributed by atoms with Gasteiger partial charge in [0.2, 0.25) is 0 Å². The Balaban J connectivity index is 1.93. The Morgan fingerprint density at radius 3 is 2.24 bits per heavy atom. The van der Waals surface area contributed by atoms with Crippen LogP contribution < -0.4 is 10.2 Å². The summed E-state index contributed by atoms with van der Waals surface area (Å²) < 4.78 is 0. The highest BCUT2D eigenvalue weighted by Gasteiger charge is 2.21. The lowest BCUT2D eigenvalue weighted by atomic mass is 9.93. The molecule has 0 unspecified atom stereocenters. The maximum atomic E-state index is 12.2. The molecule has 0 saturated heterocycles. The first kappa shape index (κ1) is 15.8. The molecule has 1 aliphatic rings.